The Balaban J connectivity index is 1.77. The van der Waals surface area contributed by atoms with Crippen LogP contribution >= 0.6 is 0 Å². The summed E-state index contributed by atoms with van der Waals surface area (Å²) in [6, 6.07) is 17.0. The van der Waals surface area contributed by atoms with E-state index in [1.54, 1.807) is 17.0 Å². The van der Waals surface area contributed by atoms with E-state index in [1.807, 2.05) is 56.3 Å². The number of carbonyl (C=O) groups is 1. The minimum absolute atomic E-state index is 0.0323. The number of carbonyl (C=O) groups excluding carboxylic acids is 1. The summed E-state index contributed by atoms with van der Waals surface area (Å²) in [6.07, 6.45) is 0.923. The van der Waals surface area contributed by atoms with Gasteiger partial charge in [-0.15, -0.1) is 0 Å². The fraction of sp³-hybridized carbons (Fsp3) is 0.320. The first-order valence-electron chi connectivity index (χ1n) is 10.3. The van der Waals surface area contributed by atoms with E-state index in [4.69, 9.17) is 20.3 Å². The molecule has 162 valence electrons. The summed E-state index contributed by atoms with van der Waals surface area (Å²) >= 11 is 0. The average Bonchev–Trinajstić information content (AvgIpc) is 2.73. The van der Waals surface area contributed by atoms with Gasteiger partial charge in [-0.25, -0.2) is 4.79 Å². The first kappa shape index (κ1) is 22.3. The monoisotopic (exact) mass is 419 g/mol. The van der Waals surface area contributed by atoms with Gasteiger partial charge in [-0.05, 0) is 37.1 Å². The minimum atomic E-state index is -0.693. The Labute approximate surface area is 183 Å². The van der Waals surface area contributed by atoms with Crippen molar-refractivity contribution in [3.05, 3.63) is 83.4 Å². The van der Waals surface area contributed by atoms with Gasteiger partial charge in [-0.3, -0.25) is 10.8 Å². The molecule has 0 saturated carbocycles. The third-order valence-corrected chi connectivity index (χ3v) is 5.54. The van der Waals surface area contributed by atoms with Gasteiger partial charge in [0.1, 0.15) is 5.60 Å². The molecule has 6 nitrogen and oxygen atoms in total. The second-order valence-corrected chi connectivity index (χ2v) is 8.09. The fourth-order valence-electron chi connectivity index (χ4n) is 3.99. The standard InChI is InChI=1S/C25H29N3O3/c1-17(2)16-25(22-8-6-5-7-9-22)14-15-28(24(29)31-25)18(3)20-10-12-21(13-11-20)23(27)30-19(4)26/h5-13,18,26-27H,1,14-16H2,2-4H3/t18-,25?/m0/s1. The van der Waals surface area contributed by atoms with Crippen LogP contribution in [0.25, 0.3) is 0 Å². The third kappa shape index (κ3) is 5.02. The van der Waals surface area contributed by atoms with Crippen LogP contribution in [0.1, 0.15) is 56.3 Å². The van der Waals surface area contributed by atoms with Gasteiger partial charge < -0.3 is 14.4 Å². The van der Waals surface area contributed by atoms with Crippen LogP contribution in [0.3, 0.4) is 0 Å². The number of cyclic esters (lactones) is 1. The average molecular weight is 420 g/mol. The van der Waals surface area contributed by atoms with Crippen molar-refractivity contribution >= 4 is 17.9 Å². The number of amides is 1. The van der Waals surface area contributed by atoms with Crippen LogP contribution in [0.2, 0.25) is 0 Å². The maximum atomic E-state index is 13.1. The van der Waals surface area contributed by atoms with Crippen molar-refractivity contribution in [3.8, 4) is 0 Å². The highest BCUT2D eigenvalue weighted by atomic mass is 16.6. The van der Waals surface area contributed by atoms with Gasteiger partial charge in [0, 0.05) is 31.9 Å². The molecule has 31 heavy (non-hydrogen) atoms. The third-order valence-electron chi connectivity index (χ3n) is 5.54. The molecule has 1 unspecified atom stereocenters. The molecule has 1 amide bonds. The van der Waals surface area contributed by atoms with E-state index >= 15 is 0 Å². The highest BCUT2D eigenvalue weighted by Crippen LogP contribution is 2.41. The summed E-state index contributed by atoms with van der Waals surface area (Å²) < 4.78 is 11.1. The Bertz CT molecular complexity index is 985. The van der Waals surface area contributed by atoms with Crippen molar-refractivity contribution in [1.29, 1.82) is 10.8 Å². The zero-order valence-corrected chi connectivity index (χ0v) is 18.3. The molecule has 0 aromatic heterocycles. The minimum Gasteiger partial charge on any atom is -0.437 e. The summed E-state index contributed by atoms with van der Waals surface area (Å²) in [4.78, 5) is 14.8. The molecule has 2 N–H and O–H groups in total. The molecule has 1 aliphatic heterocycles. The molecule has 1 fully saturated rings. The quantitative estimate of drug-likeness (QED) is 0.353. The van der Waals surface area contributed by atoms with Gasteiger partial charge >= 0.3 is 6.09 Å². The van der Waals surface area contributed by atoms with Gasteiger partial charge in [0.25, 0.3) is 0 Å². The Kier molecular flexibility index (Phi) is 6.59. The molecule has 2 aromatic carbocycles. The van der Waals surface area contributed by atoms with Crippen molar-refractivity contribution < 1.29 is 14.3 Å². The molecule has 0 aliphatic carbocycles. The van der Waals surface area contributed by atoms with Crippen molar-refractivity contribution in [2.24, 2.45) is 0 Å². The second kappa shape index (κ2) is 9.16. The topological polar surface area (TPSA) is 86.5 Å². The van der Waals surface area contributed by atoms with Gasteiger partial charge in [-0.2, -0.15) is 0 Å². The molecule has 6 heteroatoms. The van der Waals surface area contributed by atoms with E-state index < -0.39 is 5.60 Å². The SMILES string of the molecule is C=C(C)CC1(c2ccccc2)CCN([C@@H](C)c2ccc(C(=N)OC(C)=N)cc2)C(=O)O1. The van der Waals surface area contributed by atoms with E-state index in [0.29, 0.717) is 24.9 Å². The van der Waals surface area contributed by atoms with Crippen LogP contribution < -0.4 is 0 Å². The van der Waals surface area contributed by atoms with Crippen molar-refractivity contribution in [1.82, 2.24) is 4.90 Å². The Hall–Kier alpha value is -3.41. The summed E-state index contributed by atoms with van der Waals surface area (Å²) in [5.74, 6) is -0.105. The van der Waals surface area contributed by atoms with E-state index in [0.717, 1.165) is 16.7 Å². The first-order chi connectivity index (χ1) is 14.7. The summed E-state index contributed by atoms with van der Waals surface area (Å²) in [5.41, 5.74) is 2.78. The lowest BCUT2D eigenvalue weighted by atomic mass is 9.83. The number of hydrogen-bond acceptors (Lipinski definition) is 5. The van der Waals surface area contributed by atoms with E-state index in [2.05, 4.69) is 6.58 Å². The van der Waals surface area contributed by atoms with Crippen LogP contribution in [0, 0.1) is 10.8 Å². The summed E-state index contributed by atoms with van der Waals surface area (Å²) in [7, 11) is 0. The Morgan fingerprint density at radius 2 is 1.81 bits per heavy atom. The molecule has 0 spiro atoms. The summed E-state index contributed by atoms with van der Waals surface area (Å²) in [5, 5.41) is 15.2. The molecule has 2 atom stereocenters. The second-order valence-electron chi connectivity index (χ2n) is 8.09. The highest BCUT2D eigenvalue weighted by Gasteiger charge is 2.43. The lowest BCUT2D eigenvalue weighted by Gasteiger charge is -2.43. The van der Waals surface area contributed by atoms with E-state index in [9.17, 15) is 4.79 Å². The fourth-order valence-corrected chi connectivity index (χ4v) is 3.99. The first-order valence-corrected chi connectivity index (χ1v) is 10.3. The molecule has 0 bridgehead atoms. The largest absolute Gasteiger partial charge is 0.437 e. The summed E-state index contributed by atoms with van der Waals surface area (Å²) in [6.45, 7) is 10.0. The number of nitrogens with one attached hydrogen (secondary N) is 2. The molecule has 3 rings (SSSR count). The lowest BCUT2D eigenvalue weighted by molar-refractivity contribution is -0.0602. The van der Waals surface area contributed by atoms with Crippen LogP contribution in [-0.2, 0) is 15.1 Å². The number of hydrogen-bond donors (Lipinski definition) is 2. The molecule has 1 saturated heterocycles. The van der Waals surface area contributed by atoms with E-state index in [-0.39, 0.29) is 23.9 Å². The van der Waals surface area contributed by atoms with Crippen LogP contribution in [0.4, 0.5) is 4.79 Å². The molecular formula is C25H29N3O3. The number of rotatable bonds is 6. The van der Waals surface area contributed by atoms with E-state index in [1.165, 1.54) is 6.92 Å². The number of ether oxygens (including phenoxy) is 2. The maximum Gasteiger partial charge on any atom is 0.411 e. The smallest absolute Gasteiger partial charge is 0.411 e. The Morgan fingerprint density at radius 3 is 2.35 bits per heavy atom. The lowest BCUT2D eigenvalue weighted by Crippen LogP contribution is -2.48. The van der Waals surface area contributed by atoms with Crippen molar-refractivity contribution in [2.45, 2.75) is 45.3 Å². The van der Waals surface area contributed by atoms with Gasteiger partial charge in [0.15, 0.2) is 5.90 Å². The number of benzene rings is 2. The highest BCUT2D eigenvalue weighted by molar-refractivity contribution is 5.98. The molecule has 0 radical (unpaired) electrons. The van der Waals surface area contributed by atoms with Gasteiger partial charge in [0.2, 0.25) is 5.90 Å². The van der Waals surface area contributed by atoms with Crippen LogP contribution in [-0.4, -0.2) is 29.3 Å². The molecule has 1 aliphatic rings. The zero-order chi connectivity index (χ0) is 22.6. The van der Waals surface area contributed by atoms with Crippen LogP contribution in [0.15, 0.2) is 66.7 Å². The predicted molar refractivity (Wildman–Crippen MR) is 122 cm³/mol. The van der Waals surface area contributed by atoms with Crippen molar-refractivity contribution in [2.75, 3.05) is 6.54 Å². The van der Waals surface area contributed by atoms with Gasteiger partial charge in [-0.1, -0.05) is 54.6 Å². The van der Waals surface area contributed by atoms with Crippen molar-refractivity contribution in [3.63, 3.8) is 0 Å². The normalized spacial score (nSPS) is 19.3. The van der Waals surface area contributed by atoms with Gasteiger partial charge in [0.05, 0.1) is 6.04 Å². The molecular weight excluding hydrogens is 390 g/mol. The maximum absolute atomic E-state index is 13.1. The van der Waals surface area contributed by atoms with Crippen LogP contribution in [0.5, 0.6) is 0 Å². The molecule has 1 heterocycles. The number of nitrogens with zero attached hydrogens (tertiary/aromatic N) is 1. The molecule has 2 aromatic rings. The Morgan fingerprint density at radius 1 is 1.16 bits per heavy atom. The zero-order valence-electron chi connectivity index (χ0n) is 18.3. The predicted octanol–water partition coefficient (Wildman–Crippen LogP) is 5.79.